The molecule has 0 fully saturated rings. The lowest BCUT2D eigenvalue weighted by Crippen LogP contribution is -2.01. The summed E-state index contributed by atoms with van der Waals surface area (Å²) in [4.78, 5) is 0. The monoisotopic (exact) mass is 276 g/mol. The molecule has 0 N–H and O–H groups in total. The van der Waals surface area contributed by atoms with Gasteiger partial charge < -0.3 is 0 Å². The second-order valence-corrected chi connectivity index (χ2v) is 5.59. The fourth-order valence-corrected chi connectivity index (χ4v) is 2.00. The highest BCUT2D eigenvalue weighted by atomic mass is 35.6. The van der Waals surface area contributed by atoms with Crippen LogP contribution in [-0.2, 0) is 3.79 Å². The molecule has 0 nitrogen and oxygen atoms in total. The molecule has 1 aromatic carbocycles. The van der Waals surface area contributed by atoms with Crippen LogP contribution >= 0.6 is 58.0 Å². The van der Waals surface area contributed by atoms with E-state index >= 15 is 0 Å². The topological polar surface area (TPSA) is 0 Å². The molecule has 0 saturated heterocycles. The Bertz CT molecular complexity index is 326. The van der Waals surface area contributed by atoms with Crippen LogP contribution in [0.1, 0.15) is 11.1 Å². The maximum atomic E-state index is 5.90. The highest BCUT2D eigenvalue weighted by Gasteiger charge is 2.27. The van der Waals surface area contributed by atoms with Crippen molar-refractivity contribution in [3.05, 3.63) is 33.3 Å². The fraction of sp³-hybridized carbons (Fsp3) is 0.250. The van der Waals surface area contributed by atoms with E-state index in [0.29, 0.717) is 15.6 Å². The standard InChI is InChI=1S/C8H5Cl5/c1-4-2-3-5(8(11,12)13)7(10)6(4)9/h2-3H,1H3. The van der Waals surface area contributed by atoms with Crippen molar-refractivity contribution in [2.75, 3.05) is 0 Å². The van der Waals surface area contributed by atoms with Gasteiger partial charge in [-0.1, -0.05) is 70.1 Å². The van der Waals surface area contributed by atoms with Crippen molar-refractivity contribution in [3.8, 4) is 0 Å². The molecular weight excluding hydrogens is 273 g/mol. The minimum absolute atomic E-state index is 0.293. The predicted octanol–water partition coefficient (Wildman–Crippen LogP) is 5.13. The summed E-state index contributed by atoms with van der Waals surface area (Å²) < 4.78 is -1.53. The van der Waals surface area contributed by atoms with Gasteiger partial charge in [-0.15, -0.1) is 0 Å². The Morgan fingerprint density at radius 2 is 1.54 bits per heavy atom. The number of rotatable bonds is 0. The highest BCUT2D eigenvalue weighted by molar-refractivity contribution is 6.67. The van der Waals surface area contributed by atoms with Gasteiger partial charge in [0.15, 0.2) is 0 Å². The molecule has 0 bridgehead atoms. The van der Waals surface area contributed by atoms with E-state index in [4.69, 9.17) is 58.0 Å². The van der Waals surface area contributed by atoms with E-state index in [1.807, 2.05) is 6.92 Å². The first-order chi connectivity index (χ1) is 5.84. The Balaban J connectivity index is 3.35. The third-order valence-electron chi connectivity index (χ3n) is 1.58. The zero-order valence-electron chi connectivity index (χ0n) is 6.54. The summed E-state index contributed by atoms with van der Waals surface area (Å²) in [6.45, 7) is 1.83. The molecule has 0 unspecified atom stereocenters. The largest absolute Gasteiger partial charge is 0.217 e. The second-order valence-electron chi connectivity index (χ2n) is 2.56. The molecule has 0 radical (unpaired) electrons. The molecule has 0 aliphatic heterocycles. The SMILES string of the molecule is Cc1ccc(C(Cl)(Cl)Cl)c(Cl)c1Cl. The van der Waals surface area contributed by atoms with Crippen LogP contribution in [0.4, 0.5) is 0 Å². The maximum Gasteiger partial charge on any atom is 0.217 e. The average molecular weight is 278 g/mol. The third-order valence-corrected chi connectivity index (χ3v) is 3.17. The lowest BCUT2D eigenvalue weighted by atomic mass is 10.2. The molecule has 0 amide bonds. The minimum atomic E-state index is -1.53. The van der Waals surface area contributed by atoms with Crippen LogP contribution < -0.4 is 0 Å². The number of aryl methyl sites for hydroxylation is 1. The molecule has 1 rings (SSSR count). The predicted molar refractivity (Wildman–Crippen MR) is 60.4 cm³/mol. The Hall–Kier alpha value is 0.670. The highest BCUT2D eigenvalue weighted by Crippen LogP contribution is 2.44. The molecule has 0 saturated carbocycles. The van der Waals surface area contributed by atoms with Crippen LogP contribution in [0.25, 0.3) is 0 Å². The molecule has 72 valence electrons. The lowest BCUT2D eigenvalue weighted by molar-refractivity contribution is 1.23. The lowest BCUT2D eigenvalue weighted by Gasteiger charge is -2.14. The van der Waals surface area contributed by atoms with E-state index < -0.39 is 3.79 Å². The summed E-state index contributed by atoms with van der Waals surface area (Å²) in [5.41, 5.74) is 1.25. The van der Waals surface area contributed by atoms with Crippen LogP contribution in [0.5, 0.6) is 0 Å². The molecule has 0 aromatic heterocycles. The van der Waals surface area contributed by atoms with Crippen LogP contribution in [0.15, 0.2) is 12.1 Å². The van der Waals surface area contributed by atoms with E-state index in [1.54, 1.807) is 12.1 Å². The summed E-state index contributed by atoms with van der Waals surface area (Å²) in [5, 5.41) is 0.715. The third kappa shape index (κ3) is 2.57. The quantitative estimate of drug-likeness (QED) is 0.577. The van der Waals surface area contributed by atoms with Crippen molar-refractivity contribution in [1.29, 1.82) is 0 Å². The Morgan fingerprint density at radius 1 is 1.00 bits per heavy atom. The average Bonchev–Trinajstić information content (AvgIpc) is 1.98. The Kier molecular flexibility index (Phi) is 3.65. The van der Waals surface area contributed by atoms with Gasteiger partial charge in [0, 0.05) is 5.56 Å². The maximum absolute atomic E-state index is 5.90. The van der Waals surface area contributed by atoms with Gasteiger partial charge in [-0.2, -0.15) is 0 Å². The van der Waals surface area contributed by atoms with Crippen LogP contribution in [0.2, 0.25) is 10.0 Å². The van der Waals surface area contributed by atoms with Crippen molar-refractivity contribution >= 4 is 58.0 Å². The van der Waals surface area contributed by atoms with Gasteiger partial charge in [-0.05, 0) is 12.5 Å². The molecule has 0 heterocycles. The first kappa shape index (κ1) is 11.7. The number of benzene rings is 1. The van der Waals surface area contributed by atoms with E-state index in [0.717, 1.165) is 5.56 Å². The molecular formula is C8H5Cl5. The van der Waals surface area contributed by atoms with Gasteiger partial charge in [-0.25, -0.2) is 0 Å². The smallest absolute Gasteiger partial charge is 0.0824 e. The number of alkyl halides is 3. The van der Waals surface area contributed by atoms with Gasteiger partial charge in [0.1, 0.15) is 0 Å². The van der Waals surface area contributed by atoms with Crippen molar-refractivity contribution in [3.63, 3.8) is 0 Å². The first-order valence-corrected chi connectivity index (χ1v) is 5.25. The summed E-state index contributed by atoms with van der Waals surface area (Å²) in [6, 6.07) is 3.40. The summed E-state index contributed by atoms with van der Waals surface area (Å²) >= 11 is 28.8. The molecule has 0 atom stereocenters. The number of halogens is 5. The van der Waals surface area contributed by atoms with Crippen LogP contribution in [0, 0.1) is 6.92 Å². The molecule has 0 aliphatic carbocycles. The molecule has 5 heteroatoms. The van der Waals surface area contributed by atoms with Gasteiger partial charge in [0.05, 0.1) is 10.0 Å². The van der Waals surface area contributed by atoms with Gasteiger partial charge in [0.2, 0.25) is 3.79 Å². The normalized spacial score (nSPS) is 11.8. The number of hydrogen-bond acceptors (Lipinski definition) is 0. The van der Waals surface area contributed by atoms with Gasteiger partial charge in [-0.3, -0.25) is 0 Å². The van der Waals surface area contributed by atoms with Crippen molar-refractivity contribution in [1.82, 2.24) is 0 Å². The van der Waals surface area contributed by atoms with Crippen molar-refractivity contribution in [2.45, 2.75) is 10.7 Å². The Labute approximate surface area is 102 Å². The first-order valence-electron chi connectivity index (χ1n) is 3.36. The van der Waals surface area contributed by atoms with Crippen molar-refractivity contribution in [2.24, 2.45) is 0 Å². The minimum Gasteiger partial charge on any atom is -0.0824 e. The van der Waals surface area contributed by atoms with Crippen molar-refractivity contribution < 1.29 is 0 Å². The molecule has 13 heavy (non-hydrogen) atoms. The molecule has 1 aromatic rings. The molecule has 0 aliphatic rings. The zero-order valence-corrected chi connectivity index (χ0v) is 10.3. The summed E-state index contributed by atoms with van der Waals surface area (Å²) in [7, 11) is 0. The van der Waals surface area contributed by atoms with E-state index in [1.165, 1.54) is 0 Å². The second kappa shape index (κ2) is 4.04. The fourth-order valence-electron chi connectivity index (χ4n) is 0.865. The Morgan fingerprint density at radius 3 is 2.00 bits per heavy atom. The van der Waals surface area contributed by atoms with E-state index in [-0.39, 0.29) is 0 Å². The van der Waals surface area contributed by atoms with E-state index in [2.05, 4.69) is 0 Å². The molecule has 0 spiro atoms. The zero-order chi connectivity index (χ0) is 10.2. The van der Waals surface area contributed by atoms with Crippen LogP contribution in [0.3, 0.4) is 0 Å². The summed E-state index contributed by atoms with van der Waals surface area (Å²) in [6.07, 6.45) is 0. The number of hydrogen-bond donors (Lipinski definition) is 0. The van der Waals surface area contributed by atoms with Gasteiger partial charge in [0.25, 0.3) is 0 Å². The van der Waals surface area contributed by atoms with Crippen LogP contribution in [-0.4, -0.2) is 0 Å². The van der Waals surface area contributed by atoms with E-state index in [9.17, 15) is 0 Å². The van der Waals surface area contributed by atoms with Gasteiger partial charge >= 0.3 is 0 Å². The summed E-state index contributed by atoms with van der Waals surface area (Å²) in [5.74, 6) is 0.